The van der Waals surface area contributed by atoms with Crippen LogP contribution in [0, 0.1) is 5.92 Å². The summed E-state index contributed by atoms with van der Waals surface area (Å²) in [5.41, 5.74) is 5.75. The molecule has 0 radical (unpaired) electrons. The van der Waals surface area contributed by atoms with E-state index in [1.54, 1.807) is 13.2 Å². The van der Waals surface area contributed by atoms with Gasteiger partial charge >= 0.3 is 10.2 Å². The number of piperazine rings is 1. The highest BCUT2D eigenvalue weighted by molar-refractivity contribution is 7.87. The molecule has 7 rings (SSSR count). The Labute approximate surface area is 271 Å². The normalized spacial score (nSPS) is 23.7. The summed E-state index contributed by atoms with van der Waals surface area (Å²) in [4.78, 5) is 32.4. The summed E-state index contributed by atoms with van der Waals surface area (Å²) in [6.45, 7) is 2.29. The van der Waals surface area contributed by atoms with Crippen molar-refractivity contribution in [1.82, 2.24) is 23.4 Å². The van der Waals surface area contributed by atoms with Crippen LogP contribution in [0.3, 0.4) is 0 Å². The first-order valence-electron chi connectivity index (χ1n) is 16.6. The molecule has 4 heterocycles. The number of ether oxygens (including phenoxy) is 1. The zero-order chi connectivity index (χ0) is 32.3. The molecular formula is C35H45N5O5S. The Hall–Kier alpha value is -3.41. The minimum absolute atomic E-state index is 0.203. The number of benzene rings is 2. The van der Waals surface area contributed by atoms with Crippen LogP contribution in [0.15, 0.2) is 36.4 Å². The van der Waals surface area contributed by atoms with Crippen molar-refractivity contribution in [3.8, 4) is 17.0 Å². The third kappa shape index (κ3) is 5.40. The fourth-order valence-electron chi connectivity index (χ4n) is 8.57. The van der Waals surface area contributed by atoms with E-state index in [-0.39, 0.29) is 29.5 Å². The molecule has 3 aromatic rings. The van der Waals surface area contributed by atoms with E-state index in [2.05, 4.69) is 38.3 Å². The van der Waals surface area contributed by atoms with Gasteiger partial charge in [0, 0.05) is 67.8 Å². The van der Waals surface area contributed by atoms with Crippen LogP contribution in [-0.4, -0.2) is 92.3 Å². The van der Waals surface area contributed by atoms with Gasteiger partial charge < -0.3 is 19.1 Å². The van der Waals surface area contributed by atoms with Gasteiger partial charge in [0.05, 0.1) is 18.7 Å². The highest BCUT2D eigenvalue weighted by atomic mass is 32.2. The molecule has 1 N–H and O–H groups in total. The van der Waals surface area contributed by atoms with E-state index in [4.69, 9.17) is 4.74 Å². The van der Waals surface area contributed by atoms with Gasteiger partial charge in [-0.05, 0) is 86.5 Å². The summed E-state index contributed by atoms with van der Waals surface area (Å²) in [6.07, 6.45) is 8.43. The highest BCUT2D eigenvalue weighted by Crippen LogP contribution is 2.47. The smallest absolute Gasteiger partial charge is 0.303 e. The first-order valence-corrected chi connectivity index (χ1v) is 18.1. The van der Waals surface area contributed by atoms with Crippen molar-refractivity contribution in [3.05, 3.63) is 53.1 Å². The van der Waals surface area contributed by atoms with Gasteiger partial charge in [0.15, 0.2) is 0 Å². The lowest BCUT2D eigenvalue weighted by Crippen LogP contribution is -2.56. The van der Waals surface area contributed by atoms with Crippen LogP contribution >= 0.6 is 0 Å². The van der Waals surface area contributed by atoms with E-state index in [9.17, 15) is 18.0 Å². The average Bonchev–Trinajstić information content (AvgIpc) is 3.43. The Morgan fingerprint density at radius 1 is 0.935 bits per heavy atom. The van der Waals surface area contributed by atoms with Crippen molar-refractivity contribution >= 4 is 32.9 Å². The first kappa shape index (κ1) is 31.2. The lowest BCUT2D eigenvalue weighted by molar-refractivity contribution is -0.141. The van der Waals surface area contributed by atoms with Crippen molar-refractivity contribution < 1.29 is 22.7 Å². The standard InChI is InChI=1S/C35H45N5O5S/c1-37(2)46(43,44)36-34(41)23-10-14-30-31(18-23)39-19-25(35(42)40-26-11-12-27(40)21-38(3)20-26)16-24-17-28(45-4)13-15-29(24)33(39)32(30)22-8-6-5-7-9-22/h10,13-15,17-18,22,25-27H,5-9,11-12,16,19-21H2,1-4H3,(H,36,41). The van der Waals surface area contributed by atoms with E-state index >= 15 is 0 Å². The summed E-state index contributed by atoms with van der Waals surface area (Å²) in [6, 6.07) is 12.2. The minimum Gasteiger partial charge on any atom is -0.497 e. The zero-order valence-corrected chi connectivity index (χ0v) is 28.1. The number of hydrogen-bond acceptors (Lipinski definition) is 6. The molecule has 2 aromatic carbocycles. The van der Waals surface area contributed by atoms with Crippen molar-refractivity contribution in [2.75, 3.05) is 41.3 Å². The molecule has 0 spiro atoms. The number of aromatic nitrogens is 1. The van der Waals surface area contributed by atoms with Gasteiger partial charge in [-0.2, -0.15) is 12.7 Å². The molecule has 3 fully saturated rings. The van der Waals surface area contributed by atoms with Gasteiger partial charge in [-0.1, -0.05) is 25.3 Å². The summed E-state index contributed by atoms with van der Waals surface area (Å²) in [7, 11) is 2.63. The van der Waals surface area contributed by atoms with Gasteiger partial charge in [-0.15, -0.1) is 0 Å². The summed E-state index contributed by atoms with van der Waals surface area (Å²) in [5.74, 6) is 0.367. The van der Waals surface area contributed by atoms with Gasteiger partial charge in [-0.25, -0.2) is 4.72 Å². The Morgan fingerprint density at radius 2 is 1.65 bits per heavy atom. The van der Waals surface area contributed by atoms with Gasteiger partial charge in [-0.3, -0.25) is 9.59 Å². The molecular weight excluding hydrogens is 602 g/mol. The number of likely N-dealkylation sites (N-methyl/N-ethyl adjacent to an activating group) is 1. The van der Waals surface area contributed by atoms with E-state index in [0.717, 1.165) is 76.6 Å². The number of nitrogens with zero attached hydrogens (tertiary/aromatic N) is 4. The molecule has 2 amide bonds. The molecule has 4 aliphatic rings. The van der Waals surface area contributed by atoms with Crippen LogP contribution in [0.4, 0.5) is 0 Å². The van der Waals surface area contributed by atoms with Crippen LogP contribution in [0.5, 0.6) is 5.75 Å². The molecule has 1 saturated carbocycles. The summed E-state index contributed by atoms with van der Waals surface area (Å²) in [5, 5.41) is 1.07. The SMILES string of the molecule is COc1ccc2c(c1)CC(C(=O)N1C3CCC1CN(C)C3)Cn1c-2c(C2CCCCC2)c2ccc(C(=O)NS(=O)(=O)N(C)C)cc21. The second kappa shape index (κ2) is 12.0. The van der Waals surface area contributed by atoms with Crippen LogP contribution in [0.2, 0.25) is 0 Å². The van der Waals surface area contributed by atoms with Crippen LogP contribution in [0.1, 0.15) is 72.3 Å². The minimum atomic E-state index is -3.96. The second-order valence-electron chi connectivity index (χ2n) is 13.9. The van der Waals surface area contributed by atoms with E-state index in [1.807, 2.05) is 18.2 Å². The molecule has 3 unspecified atom stereocenters. The number of likely N-dealkylation sites (tertiary alicyclic amines) is 1. The van der Waals surface area contributed by atoms with Crippen LogP contribution in [-0.2, 0) is 28.0 Å². The predicted octanol–water partition coefficient (Wildman–Crippen LogP) is 4.38. The third-order valence-electron chi connectivity index (χ3n) is 10.8. The molecule has 10 nitrogen and oxygen atoms in total. The molecule has 246 valence electrons. The molecule has 2 bridgehead atoms. The molecule has 46 heavy (non-hydrogen) atoms. The zero-order valence-electron chi connectivity index (χ0n) is 27.3. The number of carbonyl (C=O) groups excluding carboxylic acids is 2. The van der Waals surface area contributed by atoms with Gasteiger partial charge in [0.25, 0.3) is 5.91 Å². The molecule has 11 heteroatoms. The Balaban J connectivity index is 1.40. The molecule has 3 aliphatic heterocycles. The number of rotatable bonds is 6. The topological polar surface area (TPSA) is 104 Å². The fraction of sp³-hybridized carbons (Fsp3) is 0.543. The second-order valence-corrected chi connectivity index (χ2v) is 15.8. The van der Waals surface area contributed by atoms with E-state index in [0.29, 0.717) is 18.9 Å². The maximum atomic E-state index is 14.6. The number of amides is 2. The maximum Gasteiger partial charge on any atom is 0.303 e. The summed E-state index contributed by atoms with van der Waals surface area (Å²) >= 11 is 0. The highest BCUT2D eigenvalue weighted by Gasteiger charge is 2.44. The Kier molecular flexibility index (Phi) is 8.13. The van der Waals surface area contributed by atoms with Crippen LogP contribution < -0.4 is 9.46 Å². The van der Waals surface area contributed by atoms with Crippen molar-refractivity contribution in [2.45, 2.75) is 75.9 Å². The number of hydrogen-bond donors (Lipinski definition) is 1. The Bertz CT molecular complexity index is 1780. The summed E-state index contributed by atoms with van der Waals surface area (Å²) < 4.78 is 36.2. The Morgan fingerprint density at radius 3 is 2.33 bits per heavy atom. The van der Waals surface area contributed by atoms with Crippen LogP contribution in [0.25, 0.3) is 22.2 Å². The quantitative estimate of drug-likeness (QED) is 0.426. The molecule has 2 saturated heterocycles. The lowest BCUT2D eigenvalue weighted by atomic mass is 9.81. The molecule has 1 aromatic heterocycles. The van der Waals surface area contributed by atoms with Crippen molar-refractivity contribution in [1.29, 1.82) is 0 Å². The lowest BCUT2D eigenvalue weighted by Gasteiger charge is -2.41. The average molecular weight is 648 g/mol. The number of methoxy groups -OCH3 is 1. The van der Waals surface area contributed by atoms with Crippen molar-refractivity contribution in [3.63, 3.8) is 0 Å². The third-order valence-corrected chi connectivity index (χ3v) is 12.2. The molecule has 1 aliphatic carbocycles. The fourth-order valence-corrected chi connectivity index (χ4v) is 9.10. The number of fused-ring (bicyclic) bond motifs is 7. The first-order chi connectivity index (χ1) is 22.1. The molecule has 3 atom stereocenters. The predicted molar refractivity (Wildman–Crippen MR) is 178 cm³/mol. The monoisotopic (exact) mass is 647 g/mol. The number of carbonyl (C=O) groups is 2. The maximum absolute atomic E-state index is 14.6. The largest absolute Gasteiger partial charge is 0.497 e. The van der Waals surface area contributed by atoms with Gasteiger partial charge in [0.1, 0.15) is 5.75 Å². The van der Waals surface area contributed by atoms with Crippen molar-refractivity contribution in [2.24, 2.45) is 5.92 Å². The van der Waals surface area contributed by atoms with E-state index in [1.165, 1.54) is 38.9 Å². The number of nitrogens with one attached hydrogen (secondary N) is 1. The van der Waals surface area contributed by atoms with E-state index < -0.39 is 16.1 Å². The van der Waals surface area contributed by atoms with Gasteiger partial charge in [0.2, 0.25) is 5.91 Å².